The molecule has 58 heavy (non-hydrogen) atoms. The topological polar surface area (TPSA) is 155 Å². The molecule has 0 aliphatic carbocycles. The van der Waals surface area contributed by atoms with Crippen LogP contribution in [0, 0.1) is 0 Å². The number of phosphoric ester groups is 1. The number of rotatable bonds is 43. The molecule has 1 unspecified atom stereocenters. The second-order valence-corrected chi connectivity index (χ2v) is 16.4. The van der Waals surface area contributed by atoms with Gasteiger partial charge in [-0.05, 0) is 83.5 Å². The summed E-state index contributed by atoms with van der Waals surface area (Å²) in [4.78, 5) is 34.9. The van der Waals surface area contributed by atoms with Gasteiger partial charge in [-0.25, -0.2) is 4.57 Å². The van der Waals surface area contributed by atoms with Crippen molar-refractivity contribution in [3.8, 4) is 0 Å². The Balaban J connectivity index is 4.20. The Morgan fingerprint density at radius 3 is 1.50 bits per heavy atom. The van der Waals surface area contributed by atoms with E-state index in [1.54, 1.807) is 0 Å². The van der Waals surface area contributed by atoms with Crippen LogP contribution < -0.4 is 5.73 Å². The summed E-state index contributed by atoms with van der Waals surface area (Å²) in [5.74, 6) is -0.911. The number of esters is 2. The third-order valence-corrected chi connectivity index (χ3v) is 10.4. The molecular weight excluding hydrogens is 753 g/mol. The van der Waals surface area contributed by atoms with Crippen molar-refractivity contribution in [2.75, 3.05) is 33.0 Å². The highest BCUT2D eigenvalue weighted by molar-refractivity contribution is 7.47. The van der Waals surface area contributed by atoms with E-state index in [0.29, 0.717) is 12.8 Å². The third kappa shape index (κ3) is 43.3. The second kappa shape index (κ2) is 44.2. The summed E-state index contributed by atoms with van der Waals surface area (Å²) in [6, 6.07) is 0. The Bertz CT molecular complexity index is 1140. The summed E-state index contributed by atoms with van der Waals surface area (Å²) in [6.07, 6.45) is 49.8. The number of aliphatic hydroxyl groups excluding tert-OH is 1. The molecule has 0 aliphatic heterocycles. The molecule has 11 heteroatoms. The fraction of sp³-hybridized carbons (Fsp3) is 0.745. The van der Waals surface area contributed by atoms with Crippen molar-refractivity contribution >= 4 is 19.8 Å². The lowest BCUT2D eigenvalue weighted by Gasteiger charge is -2.19. The van der Waals surface area contributed by atoms with Gasteiger partial charge in [0, 0.05) is 26.0 Å². The Morgan fingerprint density at radius 1 is 0.552 bits per heavy atom. The number of unbranched alkanes of at least 4 members (excludes halogenated alkanes) is 19. The molecule has 0 rings (SSSR count). The van der Waals surface area contributed by atoms with E-state index in [9.17, 15) is 19.0 Å². The van der Waals surface area contributed by atoms with Crippen molar-refractivity contribution in [3.63, 3.8) is 0 Å². The van der Waals surface area contributed by atoms with Gasteiger partial charge in [-0.2, -0.15) is 0 Å². The highest BCUT2D eigenvalue weighted by Gasteiger charge is 2.26. The number of aliphatic hydroxyl groups is 1. The molecule has 0 aromatic heterocycles. The molecule has 0 aromatic carbocycles. The molecule has 0 fully saturated rings. The monoisotopic (exact) mass is 838 g/mol. The van der Waals surface area contributed by atoms with Gasteiger partial charge < -0.3 is 25.2 Å². The van der Waals surface area contributed by atoms with Crippen LogP contribution >= 0.6 is 7.82 Å². The molecule has 10 nitrogen and oxygen atoms in total. The zero-order valence-corrected chi connectivity index (χ0v) is 37.4. The van der Waals surface area contributed by atoms with Gasteiger partial charge in [-0.1, -0.05) is 151 Å². The van der Waals surface area contributed by atoms with Crippen LogP contribution in [0.1, 0.15) is 187 Å². The molecule has 0 aliphatic rings. The molecule has 2 atom stereocenters. The van der Waals surface area contributed by atoms with Crippen LogP contribution in [-0.2, 0) is 32.7 Å². The van der Waals surface area contributed by atoms with Crippen molar-refractivity contribution in [1.82, 2.24) is 0 Å². The lowest BCUT2D eigenvalue weighted by atomic mass is 10.1. The van der Waals surface area contributed by atoms with Gasteiger partial charge in [0.25, 0.3) is 0 Å². The Morgan fingerprint density at radius 2 is 0.983 bits per heavy atom. The second-order valence-electron chi connectivity index (χ2n) is 15.0. The average Bonchev–Trinajstić information content (AvgIpc) is 3.21. The molecule has 0 amide bonds. The maximum absolute atomic E-state index is 12.6. The fourth-order valence-corrected chi connectivity index (χ4v) is 6.78. The van der Waals surface area contributed by atoms with Crippen LogP contribution in [0.3, 0.4) is 0 Å². The van der Waals surface area contributed by atoms with Gasteiger partial charge in [-0.3, -0.25) is 18.6 Å². The van der Waals surface area contributed by atoms with Gasteiger partial charge in [-0.15, -0.1) is 0 Å². The molecule has 0 saturated heterocycles. The van der Waals surface area contributed by atoms with E-state index in [2.05, 4.69) is 61.6 Å². The maximum Gasteiger partial charge on any atom is 0.472 e. The SMILES string of the molecule is CCCCCCCC/C=C\CCCCCCCCCCCC(=O)OC[C@H](COP(=O)(O)OCCN)OC(=O)CCC/C=C\C/C=C\C/C=C\C/C=C\CCCCCO. The zero-order chi connectivity index (χ0) is 42.5. The van der Waals surface area contributed by atoms with E-state index in [1.165, 1.54) is 83.5 Å². The summed E-state index contributed by atoms with van der Waals surface area (Å²) >= 11 is 0. The van der Waals surface area contributed by atoms with Crippen LogP contribution in [-0.4, -0.2) is 61.0 Å². The van der Waals surface area contributed by atoms with Crippen LogP contribution in [0.25, 0.3) is 0 Å². The summed E-state index contributed by atoms with van der Waals surface area (Å²) < 4.78 is 32.7. The zero-order valence-electron chi connectivity index (χ0n) is 36.5. The lowest BCUT2D eigenvalue weighted by molar-refractivity contribution is -0.161. The molecule has 0 saturated carbocycles. The molecule has 0 aromatic rings. The van der Waals surface area contributed by atoms with E-state index in [1.807, 2.05) is 6.08 Å². The minimum Gasteiger partial charge on any atom is -0.462 e. The van der Waals surface area contributed by atoms with Gasteiger partial charge in [0.2, 0.25) is 0 Å². The largest absolute Gasteiger partial charge is 0.472 e. The normalized spacial score (nSPS) is 13.8. The first-order chi connectivity index (χ1) is 28.3. The Hall–Kier alpha value is -2.33. The van der Waals surface area contributed by atoms with Crippen LogP contribution in [0.4, 0.5) is 0 Å². The lowest BCUT2D eigenvalue weighted by Crippen LogP contribution is -2.29. The first-order valence-corrected chi connectivity index (χ1v) is 24.4. The Labute approximate surface area is 353 Å². The number of nitrogens with two attached hydrogens (primary N) is 1. The van der Waals surface area contributed by atoms with E-state index >= 15 is 0 Å². The first-order valence-electron chi connectivity index (χ1n) is 22.9. The molecule has 4 N–H and O–H groups in total. The number of hydrogen-bond donors (Lipinski definition) is 3. The molecule has 336 valence electrons. The third-order valence-electron chi connectivity index (χ3n) is 9.43. The minimum absolute atomic E-state index is 0.0378. The number of carbonyl (C=O) groups is 2. The predicted octanol–water partition coefficient (Wildman–Crippen LogP) is 12.2. The summed E-state index contributed by atoms with van der Waals surface area (Å²) in [7, 11) is -4.40. The fourth-order valence-electron chi connectivity index (χ4n) is 6.01. The van der Waals surface area contributed by atoms with Gasteiger partial charge in [0.15, 0.2) is 6.10 Å². The van der Waals surface area contributed by atoms with Crippen molar-refractivity contribution in [2.45, 2.75) is 193 Å². The smallest absolute Gasteiger partial charge is 0.462 e. The van der Waals surface area contributed by atoms with Crippen molar-refractivity contribution < 1.29 is 42.7 Å². The summed E-state index contributed by atoms with van der Waals surface area (Å²) in [5, 5.41) is 8.79. The van der Waals surface area contributed by atoms with Crippen LogP contribution in [0.5, 0.6) is 0 Å². The maximum atomic E-state index is 12.6. The molecular formula is C47H84NO9P. The number of ether oxygens (including phenoxy) is 2. The molecule has 0 spiro atoms. The van der Waals surface area contributed by atoms with Crippen molar-refractivity contribution in [2.24, 2.45) is 5.73 Å². The van der Waals surface area contributed by atoms with E-state index < -0.39 is 32.5 Å². The summed E-state index contributed by atoms with van der Waals surface area (Å²) in [5.41, 5.74) is 5.35. The molecule has 0 heterocycles. The van der Waals surface area contributed by atoms with Crippen molar-refractivity contribution in [1.29, 1.82) is 0 Å². The number of hydrogen-bond acceptors (Lipinski definition) is 9. The van der Waals surface area contributed by atoms with E-state index in [-0.39, 0.29) is 39.2 Å². The van der Waals surface area contributed by atoms with Gasteiger partial charge in [0.05, 0.1) is 13.2 Å². The molecule has 0 bridgehead atoms. The predicted molar refractivity (Wildman–Crippen MR) is 239 cm³/mol. The van der Waals surface area contributed by atoms with E-state index in [4.69, 9.17) is 29.4 Å². The highest BCUT2D eigenvalue weighted by atomic mass is 31.2. The molecule has 0 radical (unpaired) electrons. The van der Waals surface area contributed by atoms with Gasteiger partial charge in [0.1, 0.15) is 6.61 Å². The number of carbonyl (C=O) groups excluding carboxylic acids is 2. The van der Waals surface area contributed by atoms with Crippen LogP contribution in [0.15, 0.2) is 60.8 Å². The minimum atomic E-state index is -4.40. The highest BCUT2D eigenvalue weighted by Crippen LogP contribution is 2.43. The summed E-state index contributed by atoms with van der Waals surface area (Å²) in [6.45, 7) is 1.67. The number of allylic oxidation sites excluding steroid dienone is 10. The van der Waals surface area contributed by atoms with Crippen molar-refractivity contribution in [3.05, 3.63) is 60.8 Å². The quantitative estimate of drug-likeness (QED) is 0.0234. The van der Waals surface area contributed by atoms with Crippen LogP contribution in [0.2, 0.25) is 0 Å². The van der Waals surface area contributed by atoms with E-state index in [0.717, 1.165) is 70.6 Å². The first kappa shape index (κ1) is 55.7. The Kier molecular flexibility index (Phi) is 42.5. The standard InChI is InChI=1S/C47H84NO9P/c1-2-3-4-5-6-7-8-9-10-11-12-14-17-20-23-26-29-32-35-38-46(50)54-43-45(44-56-58(52,53)55-42-40-48)57-47(51)39-36-33-30-27-24-21-18-15-13-16-19-22-25-28-31-34-37-41-49/h9-10,13,16,18,21-22,25,27,30,45,49H,2-8,11-12,14-15,17,19-20,23-24,26,28-29,31-44,48H2,1H3,(H,52,53)/b10-9-,16-13-,21-18-,25-22-,30-27-/t45-/m1/s1. The number of phosphoric acid groups is 1. The average molecular weight is 838 g/mol. The van der Waals surface area contributed by atoms with Gasteiger partial charge >= 0.3 is 19.8 Å².